The zero-order valence-corrected chi connectivity index (χ0v) is 24.3. The number of nitrogens with zero attached hydrogens (tertiary/aromatic N) is 2. The third-order valence-electron chi connectivity index (χ3n) is 9.01. The van der Waals surface area contributed by atoms with E-state index in [1.54, 1.807) is 6.08 Å². The summed E-state index contributed by atoms with van der Waals surface area (Å²) in [7, 11) is 0. The van der Waals surface area contributed by atoms with Crippen LogP contribution in [0.25, 0.3) is 5.57 Å². The van der Waals surface area contributed by atoms with Gasteiger partial charge in [-0.3, -0.25) is 4.99 Å². The van der Waals surface area contributed by atoms with E-state index in [-0.39, 0.29) is 11.5 Å². The average molecular weight is 605 g/mol. The fourth-order valence-corrected chi connectivity index (χ4v) is 6.41. The van der Waals surface area contributed by atoms with Gasteiger partial charge in [0, 0.05) is 36.2 Å². The van der Waals surface area contributed by atoms with Gasteiger partial charge in [-0.2, -0.15) is 8.78 Å². The van der Waals surface area contributed by atoms with Crippen molar-refractivity contribution in [2.45, 2.75) is 83.2 Å². The van der Waals surface area contributed by atoms with Crippen molar-refractivity contribution in [1.82, 2.24) is 0 Å². The first-order valence-corrected chi connectivity index (χ1v) is 15.4. The van der Waals surface area contributed by atoms with Crippen LogP contribution in [0, 0.1) is 23.7 Å². The predicted octanol–water partition coefficient (Wildman–Crippen LogP) is 9.92. The summed E-state index contributed by atoms with van der Waals surface area (Å²) in [5.74, 6) is -0.744. The standard InChI is InChI=1S/C34H38F6N2O/c1-2-3-4-5-21-6-8-22(9-7-21)25-19-41-33(42-20-25)24-12-15-28(29(35)16-24)23-10-13-26(14-11-23)34(39,40)43-27-17-30(36)32(38)31(37)18-27/h10-11,13-19,21-22,24-25,30,32H,2-9,12,20H2,1H3/t21?,22?,24-,25+,30+,32?/m1/s1. The number of alkyl halides is 4. The van der Waals surface area contributed by atoms with E-state index in [0.29, 0.717) is 48.4 Å². The van der Waals surface area contributed by atoms with Gasteiger partial charge in [0.25, 0.3) is 0 Å². The summed E-state index contributed by atoms with van der Waals surface area (Å²) in [6.07, 6.45) is 7.82. The van der Waals surface area contributed by atoms with Gasteiger partial charge in [-0.25, -0.2) is 22.6 Å². The molecule has 4 aliphatic rings. The molecule has 0 amide bonds. The number of ether oxygens (including phenoxy) is 1. The molecular formula is C34H38F6N2O. The molecule has 232 valence electrons. The maximum Gasteiger partial charge on any atom is 0.426 e. The molecule has 43 heavy (non-hydrogen) atoms. The summed E-state index contributed by atoms with van der Waals surface area (Å²) in [5, 5.41) is 0. The summed E-state index contributed by atoms with van der Waals surface area (Å²) < 4.78 is 89.3. The molecule has 1 aromatic carbocycles. The Morgan fingerprint density at radius 1 is 0.977 bits per heavy atom. The summed E-state index contributed by atoms with van der Waals surface area (Å²) in [6, 6.07) is 4.76. The highest BCUT2D eigenvalue weighted by atomic mass is 19.3. The lowest BCUT2D eigenvalue weighted by Gasteiger charge is -2.33. The minimum absolute atomic E-state index is 0.273. The molecule has 9 heteroatoms. The second-order valence-electron chi connectivity index (χ2n) is 12.0. The Hall–Kier alpha value is -3.10. The molecule has 0 aromatic heterocycles. The molecule has 0 N–H and O–H groups in total. The normalized spacial score (nSPS) is 29.7. The smallest absolute Gasteiger partial charge is 0.426 e. The lowest BCUT2D eigenvalue weighted by atomic mass is 9.74. The van der Waals surface area contributed by atoms with Gasteiger partial charge in [0.1, 0.15) is 23.2 Å². The SMILES string of the molecule is CCCCCC1CCC([C@H]2C=NC([C@H]3C=C(F)C(c4ccc(C(F)(F)OC5=C[C@H](F)C(F)C(F)=C5)cc4)=CC3)=NC2)CC1. The molecule has 0 radical (unpaired) electrons. The van der Waals surface area contributed by atoms with Gasteiger partial charge in [0.2, 0.25) is 0 Å². The zero-order chi connectivity index (χ0) is 30.6. The van der Waals surface area contributed by atoms with Crippen LogP contribution in [-0.2, 0) is 10.8 Å². The van der Waals surface area contributed by atoms with Crippen molar-refractivity contribution in [1.29, 1.82) is 0 Å². The van der Waals surface area contributed by atoms with E-state index in [9.17, 15) is 22.0 Å². The number of aliphatic imine (C=N–C) groups is 2. The molecule has 5 rings (SSSR count). The van der Waals surface area contributed by atoms with Crippen molar-refractivity contribution in [3.8, 4) is 0 Å². The number of rotatable bonds is 10. The molecule has 0 bridgehead atoms. The molecule has 1 heterocycles. The molecular weight excluding hydrogens is 566 g/mol. The Balaban J connectivity index is 1.15. The Labute approximate surface area is 249 Å². The lowest BCUT2D eigenvalue weighted by molar-refractivity contribution is -0.221. The number of benzene rings is 1. The first-order chi connectivity index (χ1) is 20.6. The van der Waals surface area contributed by atoms with E-state index in [1.807, 2.05) is 6.21 Å². The maximum absolute atomic E-state index is 15.2. The Morgan fingerprint density at radius 3 is 2.35 bits per heavy atom. The van der Waals surface area contributed by atoms with Gasteiger partial charge in [-0.15, -0.1) is 0 Å². The number of hydrogen-bond acceptors (Lipinski definition) is 3. The van der Waals surface area contributed by atoms with Gasteiger partial charge in [0.15, 0.2) is 12.3 Å². The van der Waals surface area contributed by atoms with Gasteiger partial charge < -0.3 is 4.74 Å². The molecule has 3 aliphatic carbocycles. The molecule has 1 aromatic rings. The van der Waals surface area contributed by atoms with Crippen molar-refractivity contribution in [3.05, 3.63) is 77.1 Å². The molecule has 1 saturated carbocycles. The quantitative estimate of drug-likeness (QED) is 0.193. The summed E-state index contributed by atoms with van der Waals surface area (Å²) >= 11 is 0. The summed E-state index contributed by atoms with van der Waals surface area (Å²) in [4.78, 5) is 9.36. The third-order valence-corrected chi connectivity index (χ3v) is 9.01. The fraction of sp³-hybridized carbons (Fsp3) is 0.529. The van der Waals surface area contributed by atoms with Crippen LogP contribution < -0.4 is 0 Å². The van der Waals surface area contributed by atoms with Gasteiger partial charge in [-0.1, -0.05) is 63.7 Å². The second-order valence-corrected chi connectivity index (χ2v) is 12.0. The number of allylic oxidation sites excluding steroid dienone is 6. The van der Waals surface area contributed by atoms with Crippen LogP contribution in [0.5, 0.6) is 0 Å². The Kier molecular flexibility index (Phi) is 9.97. The van der Waals surface area contributed by atoms with E-state index in [4.69, 9.17) is 4.99 Å². The lowest BCUT2D eigenvalue weighted by Crippen LogP contribution is -2.28. The fourth-order valence-electron chi connectivity index (χ4n) is 6.41. The minimum atomic E-state index is -3.95. The maximum atomic E-state index is 15.2. The molecule has 1 fully saturated rings. The topological polar surface area (TPSA) is 34.0 Å². The average Bonchev–Trinajstić information content (AvgIpc) is 3.00. The molecule has 4 atom stereocenters. The van der Waals surface area contributed by atoms with E-state index in [1.165, 1.54) is 69.6 Å². The number of amidine groups is 1. The van der Waals surface area contributed by atoms with Crippen molar-refractivity contribution in [2.24, 2.45) is 33.7 Å². The molecule has 0 saturated heterocycles. The van der Waals surface area contributed by atoms with Crippen molar-refractivity contribution in [2.75, 3.05) is 6.54 Å². The second kappa shape index (κ2) is 13.7. The predicted molar refractivity (Wildman–Crippen MR) is 158 cm³/mol. The highest BCUT2D eigenvalue weighted by Crippen LogP contribution is 2.39. The van der Waals surface area contributed by atoms with Crippen LogP contribution >= 0.6 is 0 Å². The van der Waals surface area contributed by atoms with Gasteiger partial charge in [-0.05, 0) is 60.9 Å². The van der Waals surface area contributed by atoms with Gasteiger partial charge in [0.05, 0.1) is 5.56 Å². The number of hydrogen-bond donors (Lipinski definition) is 0. The first kappa shape index (κ1) is 31.3. The first-order valence-electron chi connectivity index (χ1n) is 15.4. The van der Waals surface area contributed by atoms with E-state index >= 15 is 4.39 Å². The van der Waals surface area contributed by atoms with Crippen molar-refractivity contribution < 1.29 is 31.1 Å². The van der Waals surface area contributed by atoms with Crippen LogP contribution in [0.1, 0.15) is 75.8 Å². The van der Waals surface area contributed by atoms with Crippen molar-refractivity contribution in [3.63, 3.8) is 0 Å². The highest BCUT2D eigenvalue weighted by Gasteiger charge is 2.38. The molecule has 3 nitrogen and oxygen atoms in total. The van der Waals surface area contributed by atoms with Crippen LogP contribution in [0.15, 0.2) is 76.0 Å². The minimum Gasteiger partial charge on any atom is -0.429 e. The Bertz CT molecular complexity index is 1320. The summed E-state index contributed by atoms with van der Waals surface area (Å²) in [5.41, 5.74) is 0.0567. The zero-order valence-electron chi connectivity index (χ0n) is 24.3. The summed E-state index contributed by atoms with van der Waals surface area (Å²) in [6.45, 7) is 2.91. The largest absolute Gasteiger partial charge is 0.429 e. The number of halogens is 6. The molecule has 1 aliphatic heterocycles. The highest BCUT2D eigenvalue weighted by molar-refractivity contribution is 5.96. The monoisotopic (exact) mass is 604 g/mol. The van der Waals surface area contributed by atoms with Crippen LogP contribution in [0.2, 0.25) is 0 Å². The van der Waals surface area contributed by atoms with E-state index in [2.05, 4.69) is 16.7 Å². The number of unbranched alkanes of at least 4 members (excludes halogenated alkanes) is 2. The van der Waals surface area contributed by atoms with Gasteiger partial charge >= 0.3 is 6.11 Å². The molecule has 0 spiro atoms. The third kappa shape index (κ3) is 7.52. The van der Waals surface area contributed by atoms with Crippen LogP contribution in [-0.4, -0.2) is 30.9 Å². The van der Waals surface area contributed by atoms with Crippen molar-refractivity contribution >= 4 is 17.6 Å². The van der Waals surface area contributed by atoms with E-state index in [0.717, 1.165) is 18.1 Å². The molecule has 1 unspecified atom stereocenters. The Morgan fingerprint density at radius 2 is 1.72 bits per heavy atom. The van der Waals surface area contributed by atoms with E-state index < -0.39 is 41.4 Å². The van der Waals surface area contributed by atoms with Crippen LogP contribution in [0.4, 0.5) is 26.3 Å². The van der Waals surface area contributed by atoms with Crippen LogP contribution in [0.3, 0.4) is 0 Å².